The van der Waals surface area contributed by atoms with Crippen molar-refractivity contribution in [3.05, 3.63) is 168 Å². The number of thiophene rings is 1. The topological polar surface area (TPSA) is 62.7 Å². The lowest BCUT2D eigenvalue weighted by Crippen LogP contribution is -2.45. The maximum absolute atomic E-state index is 6.52. The Balaban J connectivity index is 1.02. The van der Waals surface area contributed by atoms with Crippen LogP contribution in [0.3, 0.4) is 0 Å². The van der Waals surface area contributed by atoms with E-state index < -0.39 is 0 Å². The van der Waals surface area contributed by atoms with Crippen molar-refractivity contribution < 1.29 is 8.83 Å². The molecule has 2 unspecified atom stereocenters. The predicted molar refractivity (Wildman–Crippen MR) is 210 cm³/mol. The number of nitrogens with one attached hydrogen (secondary N) is 2. The maximum atomic E-state index is 6.52. The van der Waals surface area contributed by atoms with Crippen LogP contribution in [0.5, 0.6) is 0 Å². The van der Waals surface area contributed by atoms with Crippen molar-refractivity contribution in [2.24, 2.45) is 4.99 Å². The predicted octanol–water partition coefficient (Wildman–Crippen LogP) is 11.9. The SMILES string of the molecule is c1ccc(C2NC(c3cccc4c3oc3ccccc34)=NC(c3ccc4c(c3)oc3ccc(-c5cccc6c5sc5ccccc56)cc34)N2)cc1. The van der Waals surface area contributed by atoms with Crippen LogP contribution in [0, 0.1) is 0 Å². The summed E-state index contributed by atoms with van der Waals surface area (Å²) in [5.41, 5.74) is 8.91. The first-order chi connectivity index (χ1) is 25.2. The summed E-state index contributed by atoms with van der Waals surface area (Å²) in [7, 11) is 0. The Labute approximate surface area is 296 Å². The Kier molecular flexibility index (Phi) is 6.26. The third kappa shape index (κ3) is 4.54. The summed E-state index contributed by atoms with van der Waals surface area (Å²) < 4.78 is 15.6. The van der Waals surface area contributed by atoms with Crippen LogP contribution < -0.4 is 10.6 Å². The highest BCUT2D eigenvalue weighted by molar-refractivity contribution is 7.26. The zero-order chi connectivity index (χ0) is 33.5. The number of rotatable bonds is 4. The van der Waals surface area contributed by atoms with E-state index >= 15 is 0 Å². The molecule has 0 saturated heterocycles. The van der Waals surface area contributed by atoms with Crippen molar-refractivity contribution in [2.45, 2.75) is 12.3 Å². The monoisotopic (exact) mass is 675 g/mol. The Morgan fingerprint density at radius 3 is 2.18 bits per heavy atom. The molecule has 10 aromatic rings. The van der Waals surface area contributed by atoms with Crippen molar-refractivity contribution in [2.75, 3.05) is 0 Å². The quantitative estimate of drug-likeness (QED) is 0.195. The molecule has 0 bridgehead atoms. The first-order valence-electron chi connectivity index (χ1n) is 17.2. The molecule has 3 aromatic heterocycles. The molecule has 2 atom stereocenters. The van der Waals surface area contributed by atoms with E-state index in [0.29, 0.717) is 0 Å². The molecular weight excluding hydrogens is 647 g/mol. The third-order valence-electron chi connectivity index (χ3n) is 10.2. The van der Waals surface area contributed by atoms with E-state index in [4.69, 9.17) is 13.8 Å². The summed E-state index contributed by atoms with van der Waals surface area (Å²) in [6.45, 7) is 0. The van der Waals surface area contributed by atoms with E-state index in [1.54, 1.807) is 0 Å². The molecule has 0 amide bonds. The molecule has 0 saturated carbocycles. The second-order valence-electron chi connectivity index (χ2n) is 13.2. The largest absolute Gasteiger partial charge is 0.456 e. The van der Waals surface area contributed by atoms with Gasteiger partial charge in [-0.3, -0.25) is 5.32 Å². The molecular formula is C45H29N3O2S. The molecule has 7 aromatic carbocycles. The minimum absolute atomic E-state index is 0.172. The Hall–Kier alpha value is -6.21. The normalized spacial score (nSPS) is 16.4. The molecule has 242 valence electrons. The van der Waals surface area contributed by atoms with Gasteiger partial charge >= 0.3 is 0 Å². The summed E-state index contributed by atoms with van der Waals surface area (Å²) in [6, 6.07) is 53.2. The van der Waals surface area contributed by atoms with Gasteiger partial charge in [0.15, 0.2) is 0 Å². The van der Waals surface area contributed by atoms with Crippen molar-refractivity contribution in [3.63, 3.8) is 0 Å². The van der Waals surface area contributed by atoms with Crippen LogP contribution in [-0.4, -0.2) is 5.84 Å². The average Bonchev–Trinajstić information content (AvgIpc) is 3.88. The van der Waals surface area contributed by atoms with E-state index in [9.17, 15) is 0 Å². The minimum atomic E-state index is -0.329. The zero-order valence-electron chi connectivity index (χ0n) is 27.3. The fraction of sp³-hybridized carbons (Fsp3) is 0.0444. The van der Waals surface area contributed by atoms with Crippen LogP contribution in [0.4, 0.5) is 0 Å². The molecule has 1 aliphatic rings. The summed E-state index contributed by atoms with van der Waals surface area (Å²) >= 11 is 1.86. The van der Waals surface area contributed by atoms with Gasteiger partial charge in [-0.25, -0.2) is 4.99 Å². The lowest BCUT2D eigenvalue weighted by molar-refractivity contribution is 0.409. The number of hydrogen-bond donors (Lipinski definition) is 2. The highest BCUT2D eigenvalue weighted by Gasteiger charge is 2.28. The lowest BCUT2D eigenvalue weighted by Gasteiger charge is -2.32. The molecule has 2 N–H and O–H groups in total. The number of hydrogen-bond acceptors (Lipinski definition) is 6. The van der Waals surface area contributed by atoms with E-state index in [2.05, 4.69) is 138 Å². The lowest BCUT2D eigenvalue weighted by atomic mass is 10.00. The van der Waals surface area contributed by atoms with E-state index in [-0.39, 0.29) is 12.3 Å². The molecule has 0 aliphatic carbocycles. The molecule has 0 radical (unpaired) electrons. The molecule has 0 spiro atoms. The van der Waals surface area contributed by atoms with Crippen molar-refractivity contribution >= 4 is 81.2 Å². The molecule has 4 heterocycles. The fourth-order valence-electron chi connectivity index (χ4n) is 7.72. The first kappa shape index (κ1) is 28.6. The van der Waals surface area contributed by atoms with Gasteiger partial charge in [-0.1, -0.05) is 115 Å². The van der Waals surface area contributed by atoms with Gasteiger partial charge in [-0.2, -0.15) is 0 Å². The van der Waals surface area contributed by atoms with Crippen molar-refractivity contribution in [1.82, 2.24) is 10.6 Å². The Morgan fingerprint density at radius 1 is 0.510 bits per heavy atom. The van der Waals surface area contributed by atoms with E-state index in [1.807, 2.05) is 35.6 Å². The molecule has 0 fully saturated rings. The van der Waals surface area contributed by atoms with Crippen LogP contribution in [0.1, 0.15) is 29.0 Å². The van der Waals surface area contributed by atoms with Gasteiger partial charge in [0.2, 0.25) is 0 Å². The minimum Gasteiger partial charge on any atom is -0.456 e. The van der Waals surface area contributed by atoms with Gasteiger partial charge < -0.3 is 14.2 Å². The molecule has 51 heavy (non-hydrogen) atoms. The smallest absolute Gasteiger partial charge is 0.146 e. The van der Waals surface area contributed by atoms with Gasteiger partial charge in [0.05, 0.1) is 5.56 Å². The van der Waals surface area contributed by atoms with Crippen molar-refractivity contribution in [1.29, 1.82) is 0 Å². The number of furan rings is 2. The van der Waals surface area contributed by atoms with Crippen LogP contribution in [0.2, 0.25) is 0 Å². The highest BCUT2D eigenvalue weighted by atomic mass is 32.1. The van der Waals surface area contributed by atoms with Gasteiger partial charge in [-0.15, -0.1) is 11.3 Å². The second-order valence-corrected chi connectivity index (χ2v) is 14.2. The number of nitrogens with zero attached hydrogens (tertiary/aromatic N) is 1. The first-order valence-corrected chi connectivity index (χ1v) is 18.0. The number of fused-ring (bicyclic) bond motifs is 9. The Morgan fingerprint density at radius 2 is 1.25 bits per heavy atom. The third-order valence-corrected chi connectivity index (χ3v) is 11.4. The zero-order valence-corrected chi connectivity index (χ0v) is 28.1. The molecule has 6 heteroatoms. The Bertz CT molecular complexity index is 3010. The molecule has 11 rings (SSSR count). The van der Waals surface area contributed by atoms with Gasteiger partial charge in [-0.05, 0) is 58.7 Å². The van der Waals surface area contributed by atoms with Crippen LogP contribution >= 0.6 is 11.3 Å². The number of aliphatic imine (C=N–C) groups is 1. The van der Waals surface area contributed by atoms with Gasteiger partial charge in [0, 0.05) is 41.7 Å². The van der Waals surface area contributed by atoms with Crippen LogP contribution in [0.15, 0.2) is 165 Å². The number of benzene rings is 7. The van der Waals surface area contributed by atoms with Gasteiger partial charge in [0.1, 0.15) is 40.5 Å². The molecule has 1 aliphatic heterocycles. The van der Waals surface area contributed by atoms with Gasteiger partial charge in [0.25, 0.3) is 0 Å². The summed E-state index contributed by atoms with van der Waals surface area (Å²) in [5, 5.41) is 14.4. The molecule has 5 nitrogen and oxygen atoms in total. The standard InChI is InChI=1S/C45H29N3O2S/c1-2-10-26(11-3-1)43-46-44(48-45(47-43)35-17-9-15-33-30-12-4-6-18-37(30)50-41(33)35)28-20-22-31-36-24-27(21-23-38(36)49-39(31)25-28)29-14-8-16-34-32-13-5-7-19-40(32)51-42(29)34/h1-25,43-44,46H,(H,47,48). The summed E-state index contributed by atoms with van der Waals surface area (Å²) in [6.07, 6.45) is -0.501. The summed E-state index contributed by atoms with van der Waals surface area (Å²) in [4.78, 5) is 5.27. The fourth-order valence-corrected chi connectivity index (χ4v) is 8.96. The van der Waals surface area contributed by atoms with Crippen molar-refractivity contribution in [3.8, 4) is 11.1 Å². The van der Waals surface area contributed by atoms with E-state index in [0.717, 1.165) is 66.4 Å². The second kappa shape index (κ2) is 11.2. The van der Waals surface area contributed by atoms with E-state index in [1.165, 1.54) is 31.3 Å². The summed E-state index contributed by atoms with van der Waals surface area (Å²) in [5.74, 6) is 0.780. The van der Waals surface area contributed by atoms with Crippen LogP contribution in [-0.2, 0) is 0 Å². The highest BCUT2D eigenvalue weighted by Crippen LogP contribution is 2.42. The van der Waals surface area contributed by atoms with Crippen LogP contribution in [0.25, 0.3) is 75.2 Å². The number of para-hydroxylation sites is 2. The number of amidine groups is 1. The maximum Gasteiger partial charge on any atom is 0.146 e. The average molecular weight is 676 g/mol.